The molecule has 0 aliphatic carbocycles. The van der Waals surface area contributed by atoms with Gasteiger partial charge in [0.15, 0.2) is 0 Å². The van der Waals surface area contributed by atoms with Crippen LogP contribution < -0.4 is 5.32 Å². The Morgan fingerprint density at radius 1 is 1.22 bits per heavy atom. The number of nitrogens with one attached hydrogen (secondary N) is 1. The standard InChI is InChI=1S/C21H21F4N4O6P/c1-12-19(20(31)27-4-5-30)18(11-35-36(32,33)34)29(28-12)17-2-3-26-16(10-17)8-13-6-14(21(23,24)25)9-15(22)7-13/h2-3,6-7,9-10,30H,4-5,8,11H2,1H3,(H,27,31)(H2,32,33,34). The minimum Gasteiger partial charge on any atom is -0.395 e. The number of pyridine rings is 1. The van der Waals surface area contributed by atoms with E-state index in [1.807, 2.05) is 0 Å². The Labute approximate surface area is 201 Å². The maximum Gasteiger partial charge on any atom is 0.469 e. The number of aryl methyl sites for hydroxylation is 1. The van der Waals surface area contributed by atoms with E-state index >= 15 is 0 Å². The lowest BCUT2D eigenvalue weighted by atomic mass is 10.0. The van der Waals surface area contributed by atoms with Gasteiger partial charge in [0, 0.05) is 24.9 Å². The van der Waals surface area contributed by atoms with Gasteiger partial charge in [-0.15, -0.1) is 0 Å². The molecule has 0 spiro atoms. The fourth-order valence-electron chi connectivity index (χ4n) is 3.44. The molecule has 1 aromatic carbocycles. The molecule has 0 saturated carbocycles. The highest BCUT2D eigenvalue weighted by molar-refractivity contribution is 7.46. The summed E-state index contributed by atoms with van der Waals surface area (Å²) in [5.74, 6) is -1.74. The third-order valence-electron chi connectivity index (χ3n) is 4.86. The number of halogens is 4. The lowest BCUT2D eigenvalue weighted by Crippen LogP contribution is -2.27. The van der Waals surface area contributed by atoms with Gasteiger partial charge in [0.2, 0.25) is 0 Å². The van der Waals surface area contributed by atoms with Gasteiger partial charge in [-0.2, -0.15) is 18.3 Å². The molecule has 2 heterocycles. The lowest BCUT2D eigenvalue weighted by Gasteiger charge is -2.12. The van der Waals surface area contributed by atoms with Crippen LogP contribution in [-0.2, 0) is 28.3 Å². The third kappa shape index (κ3) is 6.95. The molecule has 0 fully saturated rings. The summed E-state index contributed by atoms with van der Waals surface area (Å²) < 4.78 is 70.0. The first-order valence-corrected chi connectivity index (χ1v) is 11.8. The van der Waals surface area contributed by atoms with Crippen LogP contribution in [0.4, 0.5) is 17.6 Å². The summed E-state index contributed by atoms with van der Waals surface area (Å²) in [5.41, 5.74) is -0.560. The predicted octanol–water partition coefficient (Wildman–Crippen LogP) is 2.66. The van der Waals surface area contributed by atoms with Crippen molar-refractivity contribution in [1.29, 1.82) is 0 Å². The molecule has 0 aliphatic heterocycles. The van der Waals surface area contributed by atoms with Gasteiger partial charge in [-0.05, 0) is 42.8 Å². The molecule has 3 rings (SSSR count). The van der Waals surface area contributed by atoms with E-state index in [4.69, 9.17) is 14.9 Å². The largest absolute Gasteiger partial charge is 0.469 e. The zero-order valence-corrected chi connectivity index (χ0v) is 19.6. The van der Waals surface area contributed by atoms with Crippen molar-refractivity contribution < 1.29 is 46.3 Å². The molecule has 3 aromatic rings. The Hall–Kier alpha value is -3.16. The Kier molecular flexibility index (Phi) is 8.26. The zero-order valence-electron chi connectivity index (χ0n) is 18.7. The van der Waals surface area contributed by atoms with Crippen LogP contribution in [0.2, 0.25) is 0 Å². The number of phosphoric ester groups is 1. The average Bonchev–Trinajstić information content (AvgIpc) is 3.11. The van der Waals surface area contributed by atoms with E-state index in [1.54, 1.807) is 0 Å². The number of hydrogen-bond acceptors (Lipinski definition) is 6. The minimum atomic E-state index is -4.94. The highest BCUT2D eigenvalue weighted by Crippen LogP contribution is 2.38. The number of aliphatic hydroxyl groups is 1. The molecule has 0 aliphatic rings. The highest BCUT2D eigenvalue weighted by atomic mass is 31.2. The second-order valence-electron chi connectivity index (χ2n) is 7.59. The summed E-state index contributed by atoms with van der Waals surface area (Å²) in [6, 6.07) is 5.00. The summed E-state index contributed by atoms with van der Waals surface area (Å²) in [5, 5.41) is 15.6. The Bertz CT molecular complexity index is 1310. The number of rotatable bonds is 9. The van der Waals surface area contributed by atoms with Gasteiger partial charge in [-0.3, -0.25) is 14.3 Å². The maximum absolute atomic E-state index is 13.8. The number of amides is 1. The van der Waals surface area contributed by atoms with Crippen molar-refractivity contribution >= 4 is 13.7 Å². The first kappa shape index (κ1) is 27.4. The van der Waals surface area contributed by atoms with Crippen LogP contribution in [0.1, 0.15) is 38.6 Å². The Morgan fingerprint density at radius 3 is 2.58 bits per heavy atom. The maximum atomic E-state index is 13.8. The first-order valence-electron chi connectivity index (χ1n) is 10.3. The molecule has 0 radical (unpaired) electrons. The number of carbonyl (C=O) groups is 1. The Morgan fingerprint density at radius 2 is 1.94 bits per heavy atom. The molecule has 0 unspecified atom stereocenters. The number of nitrogens with zero attached hydrogens (tertiary/aromatic N) is 3. The van der Waals surface area contributed by atoms with Crippen LogP contribution in [0.15, 0.2) is 36.5 Å². The fraction of sp³-hybridized carbons (Fsp3) is 0.286. The van der Waals surface area contributed by atoms with Crippen molar-refractivity contribution in [3.63, 3.8) is 0 Å². The van der Waals surface area contributed by atoms with E-state index in [-0.39, 0.29) is 53.5 Å². The summed E-state index contributed by atoms with van der Waals surface area (Å²) in [4.78, 5) is 35.0. The molecule has 0 atom stereocenters. The normalized spacial score (nSPS) is 12.1. The average molecular weight is 532 g/mol. The molecule has 2 aromatic heterocycles. The quantitative estimate of drug-likeness (QED) is 0.243. The molecule has 0 saturated heterocycles. The van der Waals surface area contributed by atoms with E-state index in [0.29, 0.717) is 6.07 Å². The SMILES string of the molecule is Cc1nn(-c2ccnc(Cc3cc(F)cc(C(F)(F)F)c3)c2)c(COP(=O)(O)O)c1C(=O)NCCO. The highest BCUT2D eigenvalue weighted by Gasteiger charge is 2.31. The van der Waals surface area contributed by atoms with Gasteiger partial charge in [-0.1, -0.05) is 0 Å². The zero-order chi connectivity index (χ0) is 26.7. The molecule has 15 heteroatoms. The van der Waals surface area contributed by atoms with Crippen LogP contribution in [0, 0.1) is 12.7 Å². The van der Waals surface area contributed by atoms with Crippen molar-refractivity contribution in [3.05, 3.63) is 76.1 Å². The molecular weight excluding hydrogens is 511 g/mol. The van der Waals surface area contributed by atoms with Gasteiger partial charge >= 0.3 is 14.0 Å². The molecule has 194 valence electrons. The van der Waals surface area contributed by atoms with Gasteiger partial charge < -0.3 is 20.2 Å². The Balaban J connectivity index is 2.01. The number of carbonyl (C=O) groups excluding carboxylic acids is 1. The first-order chi connectivity index (χ1) is 16.8. The van der Waals surface area contributed by atoms with E-state index < -0.39 is 37.9 Å². The summed E-state index contributed by atoms with van der Waals surface area (Å²) in [6.45, 7) is 0.314. The second kappa shape index (κ2) is 10.8. The molecular formula is C21H21F4N4O6P. The van der Waals surface area contributed by atoms with Crippen LogP contribution in [0.5, 0.6) is 0 Å². The predicted molar refractivity (Wildman–Crippen MR) is 117 cm³/mol. The van der Waals surface area contributed by atoms with Crippen LogP contribution in [-0.4, -0.2) is 48.7 Å². The van der Waals surface area contributed by atoms with E-state index in [9.17, 15) is 26.9 Å². The number of benzene rings is 1. The summed E-state index contributed by atoms with van der Waals surface area (Å²) >= 11 is 0. The van der Waals surface area contributed by atoms with Gasteiger partial charge in [0.1, 0.15) is 12.4 Å². The van der Waals surface area contributed by atoms with Gasteiger partial charge in [-0.25, -0.2) is 13.6 Å². The molecule has 10 nitrogen and oxygen atoms in total. The van der Waals surface area contributed by atoms with Crippen molar-refractivity contribution in [2.75, 3.05) is 13.2 Å². The van der Waals surface area contributed by atoms with E-state index in [0.717, 1.165) is 12.1 Å². The number of phosphoric acid groups is 1. The molecule has 0 bridgehead atoms. The van der Waals surface area contributed by atoms with Crippen molar-refractivity contribution in [3.8, 4) is 5.69 Å². The molecule has 4 N–H and O–H groups in total. The van der Waals surface area contributed by atoms with E-state index in [2.05, 4.69) is 19.9 Å². The van der Waals surface area contributed by atoms with Gasteiger partial charge in [0.05, 0.1) is 34.8 Å². The molecule has 36 heavy (non-hydrogen) atoms. The van der Waals surface area contributed by atoms with Crippen LogP contribution >= 0.6 is 7.82 Å². The number of alkyl halides is 3. The lowest BCUT2D eigenvalue weighted by molar-refractivity contribution is -0.137. The van der Waals surface area contributed by atoms with Crippen molar-refractivity contribution in [2.45, 2.75) is 26.1 Å². The monoisotopic (exact) mass is 532 g/mol. The smallest absolute Gasteiger partial charge is 0.395 e. The fourth-order valence-corrected chi connectivity index (χ4v) is 3.73. The van der Waals surface area contributed by atoms with Crippen molar-refractivity contribution in [2.24, 2.45) is 0 Å². The third-order valence-corrected chi connectivity index (χ3v) is 5.33. The minimum absolute atomic E-state index is 0.0118. The molecule has 1 amide bonds. The van der Waals surface area contributed by atoms with E-state index in [1.165, 1.54) is 29.9 Å². The topological polar surface area (TPSA) is 147 Å². The van der Waals surface area contributed by atoms with Crippen molar-refractivity contribution in [1.82, 2.24) is 20.1 Å². The number of aliphatic hydroxyl groups excluding tert-OH is 1. The summed E-state index contributed by atoms with van der Waals surface area (Å²) in [6.07, 6.45) is -3.60. The number of hydrogen-bond donors (Lipinski definition) is 4. The van der Waals surface area contributed by atoms with Gasteiger partial charge in [0.25, 0.3) is 5.91 Å². The second-order valence-corrected chi connectivity index (χ2v) is 8.83. The number of aromatic nitrogens is 3. The summed E-state index contributed by atoms with van der Waals surface area (Å²) in [7, 11) is -4.94. The van der Waals surface area contributed by atoms with Crippen LogP contribution in [0.25, 0.3) is 5.69 Å². The van der Waals surface area contributed by atoms with Crippen LogP contribution in [0.3, 0.4) is 0 Å².